The maximum Gasteiger partial charge on any atom is -0.0234 e. The molecule has 0 aliphatic heterocycles. The van der Waals surface area contributed by atoms with E-state index in [0.717, 1.165) is 12.3 Å². The number of hydrogen-bond donors (Lipinski definition) is 0. The third-order valence-electron chi connectivity index (χ3n) is 2.72. The molecule has 0 aromatic heterocycles. The zero-order valence-corrected chi connectivity index (χ0v) is 10.1. The minimum atomic E-state index is 0.791. The first-order valence-corrected chi connectivity index (χ1v) is 6.27. The predicted molar refractivity (Wildman–Crippen MR) is 66.3 cm³/mol. The Hall–Kier alpha value is -0.260. The van der Waals surface area contributed by atoms with Gasteiger partial charge in [-0.15, -0.1) is 0 Å². The summed E-state index contributed by atoms with van der Waals surface area (Å²) in [5.41, 5.74) is 0. The van der Waals surface area contributed by atoms with Crippen LogP contribution in [0.1, 0.15) is 65.2 Å². The highest BCUT2D eigenvalue weighted by atomic mass is 14.1. The number of rotatable bonds is 9. The van der Waals surface area contributed by atoms with Crippen LogP contribution in [0.5, 0.6) is 0 Å². The molecule has 0 aliphatic carbocycles. The van der Waals surface area contributed by atoms with Crippen molar-refractivity contribution in [1.82, 2.24) is 0 Å². The van der Waals surface area contributed by atoms with Crippen LogP contribution in [0.25, 0.3) is 0 Å². The lowest BCUT2D eigenvalue weighted by Crippen LogP contribution is -1.95. The van der Waals surface area contributed by atoms with Gasteiger partial charge in [-0.3, -0.25) is 0 Å². The summed E-state index contributed by atoms with van der Waals surface area (Å²) in [6, 6.07) is 0. The van der Waals surface area contributed by atoms with E-state index in [9.17, 15) is 0 Å². The molecule has 0 spiro atoms. The molecular formula is C14H27. The molecule has 0 aromatic carbocycles. The Morgan fingerprint density at radius 3 is 2.36 bits per heavy atom. The van der Waals surface area contributed by atoms with Gasteiger partial charge in [0.1, 0.15) is 0 Å². The van der Waals surface area contributed by atoms with Crippen molar-refractivity contribution in [2.75, 3.05) is 0 Å². The van der Waals surface area contributed by atoms with E-state index < -0.39 is 0 Å². The first kappa shape index (κ1) is 13.7. The summed E-state index contributed by atoms with van der Waals surface area (Å²) in [5, 5.41) is 0. The fourth-order valence-corrected chi connectivity index (χ4v) is 1.88. The van der Waals surface area contributed by atoms with Crippen LogP contribution in [0.4, 0.5) is 0 Å². The molecule has 1 atom stereocenters. The van der Waals surface area contributed by atoms with Crippen molar-refractivity contribution in [1.29, 1.82) is 0 Å². The van der Waals surface area contributed by atoms with Crippen LogP contribution >= 0.6 is 0 Å². The minimum absolute atomic E-state index is 0.791. The summed E-state index contributed by atoms with van der Waals surface area (Å²) in [6.07, 6.45) is 15.2. The molecule has 0 heterocycles. The fraction of sp³-hybridized carbons (Fsp3) is 0.786. The van der Waals surface area contributed by atoms with E-state index in [1.807, 2.05) is 0 Å². The normalized spacial score (nSPS) is 13.6. The maximum atomic E-state index is 3.93. The van der Waals surface area contributed by atoms with Crippen LogP contribution in [0, 0.1) is 12.8 Å². The molecule has 1 radical (unpaired) electrons. The van der Waals surface area contributed by atoms with Gasteiger partial charge in [0.2, 0.25) is 0 Å². The van der Waals surface area contributed by atoms with Crippen molar-refractivity contribution in [2.45, 2.75) is 65.2 Å². The van der Waals surface area contributed by atoms with Crippen LogP contribution in [-0.2, 0) is 0 Å². The van der Waals surface area contributed by atoms with E-state index in [2.05, 4.69) is 32.9 Å². The van der Waals surface area contributed by atoms with E-state index >= 15 is 0 Å². The Morgan fingerprint density at radius 2 is 1.79 bits per heavy atom. The van der Waals surface area contributed by atoms with Crippen LogP contribution in [0.2, 0.25) is 0 Å². The van der Waals surface area contributed by atoms with Crippen molar-refractivity contribution in [3.05, 3.63) is 19.1 Å². The highest BCUT2D eigenvalue weighted by molar-refractivity contribution is 4.85. The quantitative estimate of drug-likeness (QED) is 0.352. The van der Waals surface area contributed by atoms with Gasteiger partial charge in [-0.05, 0) is 25.7 Å². The van der Waals surface area contributed by atoms with Gasteiger partial charge in [-0.2, -0.15) is 0 Å². The van der Waals surface area contributed by atoms with Crippen molar-refractivity contribution >= 4 is 0 Å². The van der Waals surface area contributed by atoms with Gasteiger partial charge < -0.3 is 0 Å². The van der Waals surface area contributed by atoms with Gasteiger partial charge >= 0.3 is 0 Å². The second-order valence-electron chi connectivity index (χ2n) is 4.13. The number of hydrogen-bond acceptors (Lipinski definition) is 0. The Bertz CT molecular complexity index is 124. The monoisotopic (exact) mass is 195 g/mol. The average molecular weight is 195 g/mol. The Morgan fingerprint density at radius 1 is 1.07 bits per heavy atom. The summed E-state index contributed by atoms with van der Waals surface area (Å²) in [4.78, 5) is 0. The van der Waals surface area contributed by atoms with E-state index in [1.165, 1.54) is 44.9 Å². The summed E-state index contributed by atoms with van der Waals surface area (Å²) in [5.74, 6) is 0.791. The Balaban J connectivity index is 3.40. The summed E-state index contributed by atoms with van der Waals surface area (Å²) in [6.45, 7) is 8.32. The van der Waals surface area contributed by atoms with Gasteiger partial charge in [0.25, 0.3) is 0 Å². The van der Waals surface area contributed by atoms with Crippen molar-refractivity contribution < 1.29 is 0 Å². The van der Waals surface area contributed by atoms with Crippen molar-refractivity contribution in [3.8, 4) is 0 Å². The first-order chi connectivity index (χ1) is 6.85. The van der Waals surface area contributed by atoms with Gasteiger partial charge in [0.05, 0.1) is 0 Å². The van der Waals surface area contributed by atoms with E-state index in [0.29, 0.717) is 0 Å². The summed E-state index contributed by atoms with van der Waals surface area (Å²) < 4.78 is 0. The third-order valence-corrected chi connectivity index (χ3v) is 2.72. The van der Waals surface area contributed by atoms with Gasteiger partial charge in [-0.1, -0.05) is 64.5 Å². The fourth-order valence-electron chi connectivity index (χ4n) is 1.88. The number of unbranched alkanes of at least 4 members (excludes halogenated alkanes) is 4. The van der Waals surface area contributed by atoms with Gasteiger partial charge in [0.15, 0.2) is 0 Å². The van der Waals surface area contributed by atoms with Gasteiger partial charge in [-0.25, -0.2) is 0 Å². The van der Waals surface area contributed by atoms with Crippen LogP contribution in [0.3, 0.4) is 0 Å². The minimum Gasteiger partial charge on any atom is -0.0914 e. The highest BCUT2D eigenvalue weighted by Gasteiger charge is 2.02. The second kappa shape index (κ2) is 10.8. The van der Waals surface area contributed by atoms with Crippen LogP contribution in [-0.4, -0.2) is 0 Å². The molecule has 83 valence electrons. The molecule has 0 amide bonds. The zero-order valence-electron chi connectivity index (χ0n) is 10.1. The molecule has 0 aromatic rings. The molecule has 0 saturated carbocycles. The largest absolute Gasteiger partial charge is 0.0914 e. The zero-order chi connectivity index (χ0) is 10.6. The molecule has 0 bridgehead atoms. The van der Waals surface area contributed by atoms with Crippen molar-refractivity contribution in [2.24, 2.45) is 5.92 Å². The summed E-state index contributed by atoms with van der Waals surface area (Å²) in [7, 11) is 0. The second-order valence-corrected chi connectivity index (χ2v) is 4.13. The topological polar surface area (TPSA) is 0 Å². The lowest BCUT2D eigenvalue weighted by molar-refractivity contribution is 0.499. The molecule has 0 rings (SSSR count). The lowest BCUT2D eigenvalue weighted by atomic mass is 9.96. The first-order valence-electron chi connectivity index (χ1n) is 6.27. The molecule has 0 N–H and O–H groups in total. The number of allylic oxidation sites excluding steroid dienone is 2. The molecular weight excluding hydrogens is 168 g/mol. The van der Waals surface area contributed by atoms with Gasteiger partial charge in [0, 0.05) is 0 Å². The molecule has 1 unspecified atom stereocenters. The molecule has 0 nitrogen and oxygen atoms in total. The standard InChI is InChI=1S/C14H27/c1-4-7-8-9-10-13-14(11-5-2)12-6-3/h6,12,14H,2,4-5,7-11,13H2,1,3H3. The summed E-state index contributed by atoms with van der Waals surface area (Å²) >= 11 is 0. The van der Waals surface area contributed by atoms with Crippen LogP contribution < -0.4 is 0 Å². The molecule has 0 aliphatic rings. The third kappa shape index (κ3) is 8.34. The highest BCUT2D eigenvalue weighted by Crippen LogP contribution is 2.17. The SMILES string of the molecule is [CH2]CCC(C=CC)CCCCCCC. The molecule has 14 heavy (non-hydrogen) atoms. The Labute approximate surface area is 90.8 Å². The van der Waals surface area contributed by atoms with E-state index in [-0.39, 0.29) is 0 Å². The Kier molecular flexibility index (Phi) is 10.6. The van der Waals surface area contributed by atoms with Crippen molar-refractivity contribution in [3.63, 3.8) is 0 Å². The molecule has 0 heteroatoms. The lowest BCUT2D eigenvalue weighted by Gasteiger charge is -2.10. The van der Waals surface area contributed by atoms with E-state index in [1.54, 1.807) is 0 Å². The average Bonchev–Trinajstić information content (AvgIpc) is 2.18. The molecule has 0 fully saturated rings. The maximum absolute atomic E-state index is 3.93. The predicted octanol–water partition coefficient (Wildman–Crippen LogP) is 5.15. The smallest absolute Gasteiger partial charge is 0.0234 e. The van der Waals surface area contributed by atoms with Crippen LogP contribution in [0.15, 0.2) is 12.2 Å². The van der Waals surface area contributed by atoms with E-state index in [4.69, 9.17) is 0 Å². The molecule has 0 saturated heterocycles.